The van der Waals surface area contributed by atoms with Crippen LogP contribution in [0.5, 0.6) is 0 Å². The number of allylic oxidation sites excluding steroid dienone is 3. The minimum atomic E-state index is -0.777. The van der Waals surface area contributed by atoms with Crippen LogP contribution in [0.4, 0.5) is 0 Å². The first-order valence-electron chi connectivity index (χ1n) is 5.93. The summed E-state index contributed by atoms with van der Waals surface area (Å²) in [5, 5.41) is 13.3. The van der Waals surface area contributed by atoms with Crippen molar-refractivity contribution in [1.29, 1.82) is 0 Å². The predicted octanol–water partition coefficient (Wildman–Crippen LogP) is 2.13. The smallest absolute Gasteiger partial charge is 0.176 e. The van der Waals surface area contributed by atoms with Crippen LogP contribution in [0.25, 0.3) is 0 Å². The van der Waals surface area contributed by atoms with Crippen molar-refractivity contribution >= 4 is 11.7 Å². The van der Waals surface area contributed by atoms with Crippen molar-refractivity contribution in [2.45, 2.75) is 46.8 Å². The van der Waals surface area contributed by atoms with Crippen molar-refractivity contribution in [3.05, 3.63) is 22.4 Å². The van der Waals surface area contributed by atoms with Crippen molar-refractivity contribution in [1.82, 2.24) is 5.32 Å². The Morgan fingerprint density at radius 3 is 2.47 bits per heavy atom. The van der Waals surface area contributed by atoms with Gasteiger partial charge in [-0.2, -0.15) is 0 Å². The lowest BCUT2D eigenvalue weighted by Crippen LogP contribution is -2.35. The number of rotatable bonds is 0. The van der Waals surface area contributed by atoms with E-state index in [1.165, 1.54) is 5.57 Å². The minimum absolute atomic E-state index is 0.613. The van der Waals surface area contributed by atoms with E-state index in [0.717, 1.165) is 35.5 Å². The molecule has 0 aromatic heterocycles. The molecule has 2 N–H and O–H groups in total. The van der Waals surface area contributed by atoms with Gasteiger partial charge in [-0.1, -0.05) is 11.1 Å². The van der Waals surface area contributed by atoms with Crippen LogP contribution in [0, 0.1) is 0 Å². The van der Waals surface area contributed by atoms with E-state index in [9.17, 15) is 5.11 Å². The predicted molar refractivity (Wildman–Crippen MR) is 70.0 cm³/mol. The molecule has 2 heterocycles. The number of nitrogens with zero attached hydrogens (tertiary/aromatic N) is 2. The average molecular weight is 233 g/mol. The summed E-state index contributed by atoms with van der Waals surface area (Å²) in [7, 11) is 0. The Hall–Kier alpha value is -1.42. The lowest BCUT2D eigenvalue weighted by Gasteiger charge is -2.25. The van der Waals surface area contributed by atoms with Crippen molar-refractivity contribution < 1.29 is 5.11 Å². The number of hydrogen-bond donors (Lipinski definition) is 2. The van der Waals surface area contributed by atoms with E-state index in [4.69, 9.17) is 0 Å². The van der Waals surface area contributed by atoms with Crippen molar-refractivity contribution in [3.8, 4) is 0 Å². The second-order valence-corrected chi connectivity index (χ2v) is 4.73. The Balaban J connectivity index is 2.47. The standard InChI is InChI=1S/C13H19N3O/c1-7-5-6-8(2)11-12(14-9(7)3)15-10(4)16-13(11)17/h13,17H,5-6H2,1-4H3,(H,14,15,16). The maximum atomic E-state index is 10.0. The Labute approximate surface area is 102 Å². The monoisotopic (exact) mass is 233 g/mol. The van der Waals surface area contributed by atoms with E-state index in [-0.39, 0.29) is 0 Å². The number of amidine groups is 2. The van der Waals surface area contributed by atoms with Crippen LogP contribution in [0.3, 0.4) is 0 Å². The van der Waals surface area contributed by atoms with E-state index >= 15 is 0 Å². The Morgan fingerprint density at radius 2 is 1.76 bits per heavy atom. The first-order chi connectivity index (χ1) is 7.99. The molecular formula is C13H19N3O. The van der Waals surface area contributed by atoms with Gasteiger partial charge in [0.2, 0.25) is 0 Å². The fourth-order valence-electron chi connectivity index (χ4n) is 2.11. The number of aliphatic hydroxyl groups is 1. The first kappa shape index (κ1) is 12.0. The third-order valence-electron chi connectivity index (χ3n) is 3.38. The number of fused-ring (bicyclic) bond motifs is 1. The molecule has 0 aromatic rings. The summed E-state index contributed by atoms with van der Waals surface area (Å²) in [6.07, 6.45) is 1.18. The highest BCUT2D eigenvalue weighted by Crippen LogP contribution is 2.24. The zero-order valence-corrected chi connectivity index (χ0v) is 10.8. The Morgan fingerprint density at radius 1 is 1.12 bits per heavy atom. The quantitative estimate of drug-likeness (QED) is 0.673. The largest absolute Gasteiger partial charge is 0.368 e. The maximum absolute atomic E-state index is 10.0. The molecule has 4 nitrogen and oxygen atoms in total. The molecule has 2 aliphatic heterocycles. The Bertz CT molecular complexity index is 469. The molecule has 17 heavy (non-hydrogen) atoms. The van der Waals surface area contributed by atoms with Crippen LogP contribution in [0.1, 0.15) is 40.5 Å². The summed E-state index contributed by atoms with van der Waals surface area (Å²) in [5.41, 5.74) is 4.45. The highest BCUT2D eigenvalue weighted by Gasteiger charge is 2.24. The molecule has 2 rings (SSSR count). The summed E-state index contributed by atoms with van der Waals surface area (Å²) < 4.78 is 0. The first-order valence-corrected chi connectivity index (χ1v) is 5.93. The topological polar surface area (TPSA) is 57.0 Å². The lowest BCUT2D eigenvalue weighted by molar-refractivity contribution is 0.224. The van der Waals surface area contributed by atoms with E-state index in [1.54, 1.807) is 6.92 Å². The molecule has 2 aliphatic rings. The highest BCUT2D eigenvalue weighted by molar-refractivity contribution is 6.09. The second-order valence-electron chi connectivity index (χ2n) is 4.73. The van der Waals surface area contributed by atoms with Gasteiger partial charge in [-0.15, -0.1) is 0 Å². The molecule has 0 amide bonds. The number of aliphatic hydroxyl groups excluding tert-OH is 1. The van der Waals surface area contributed by atoms with Gasteiger partial charge in [0.25, 0.3) is 0 Å². The molecule has 1 atom stereocenters. The summed E-state index contributed by atoms with van der Waals surface area (Å²) in [4.78, 5) is 8.50. The molecule has 0 bridgehead atoms. The van der Waals surface area contributed by atoms with Crippen molar-refractivity contribution in [3.63, 3.8) is 0 Å². The molecule has 0 saturated carbocycles. The summed E-state index contributed by atoms with van der Waals surface area (Å²) in [5.74, 6) is 1.36. The SMILES string of the molecule is CC1=NC(O)C2=C(C)CCC(C)=C(C)NC2=N1. The van der Waals surface area contributed by atoms with Gasteiger partial charge >= 0.3 is 0 Å². The van der Waals surface area contributed by atoms with Gasteiger partial charge < -0.3 is 10.4 Å². The number of aliphatic imine (C=N–C) groups is 2. The second kappa shape index (κ2) is 4.45. The Kier molecular flexibility index (Phi) is 3.15. The summed E-state index contributed by atoms with van der Waals surface area (Å²) in [6, 6.07) is 0. The third kappa shape index (κ3) is 2.31. The van der Waals surface area contributed by atoms with Crippen molar-refractivity contribution in [2.75, 3.05) is 0 Å². The minimum Gasteiger partial charge on any atom is -0.368 e. The summed E-state index contributed by atoms with van der Waals surface area (Å²) >= 11 is 0. The number of nitrogens with one attached hydrogen (secondary N) is 1. The van der Waals surface area contributed by atoms with Crippen LogP contribution in [0.2, 0.25) is 0 Å². The van der Waals surface area contributed by atoms with E-state index in [0.29, 0.717) is 5.84 Å². The van der Waals surface area contributed by atoms with Crippen LogP contribution >= 0.6 is 0 Å². The normalized spacial score (nSPS) is 25.6. The molecular weight excluding hydrogens is 214 g/mol. The zero-order chi connectivity index (χ0) is 12.6. The highest BCUT2D eigenvalue weighted by atomic mass is 16.3. The molecule has 0 radical (unpaired) electrons. The molecule has 0 saturated heterocycles. The van der Waals surface area contributed by atoms with E-state index in [1.807, 2.05) is 13.8 Å². The van der Waals surface area contributed by atoms with Crippen LogP contribution in [-0.4, -0.2) is 23.0 Å². The summed E-state index contributed by atoms with van der Waals surface area (Å²) in [6.45, 7) is 8.01. The molecule has 4 heteroatoms. The third-order valence-corrected chi connectivity index (χ3v) is 3.38. The van der Waals surface area contributed by atoms with Gasteiger partial charge in [0.05, 0.1) is 0 Å². The number of hydrogen-bond acceptors (Lipinski definition) is 4. The van der Waals surface area contributed by atoms with Gasteiger partial charge in [0.15, 0.2) is 6.23 Å². The van der Waals surface area contributed by atoms with Crippen LogP contribution in [-0.2, 0) is 0 Å². The molecule has 0 aromatic carbocycles. The van der Waals surface area contributed by atoms with Gasteiger partial charge in [-0.3, -0.25) is 0 Å². The van der Waals surface area contributed by atoms with Gasteiger partial charge in [-0.05, 0) is 40.5 Å². The van der Waals surface area contributed by atoms with Gasteiger partial charge in [0.1, 0.15) is 11.7 Å². The van der Waals surface area contributed by atoms with E-state index < -0.39 is 6.23 Å². The van der Waals surface area contributed by atoms with E-state index in [2.05, 4.69) is 22.2 Å². The lowest BCUT2D eigenvalue weighted by atomic mass is 9.96. The zero-order valence-electron chi connectivity index (χ0n) is 10.8. The van der Waals surface area contributed by atoms with Crippen LogP contribution in [0.15, 0.2) is 32.4 Å². The average Bonchev–Trinajstić information content (AvgIpc) is 2.23. The van der Waals surface area contributed by atoms with Gasteiger partial charge in [0, 0.05) is 11.3 Å². The fourth-order valence-corrected chi connectivity index (χ4v) is 2.11. The molecule has 0 spiro atoms. The van der Waals surface area contributed by atoms with Gasteiger partial charge in [-0.25, -0.2) is 9.98 Å². The molecule has 1 unspecified atom stereocenters. The van der Waals surface area contributed by atoms with Crippen LogP contribution < -0.4 is 5.32 Å². The maximum Gasteiger partial charge on any atom is 0.176 e. The molecule has 0 fully saturated rings. The molecule has 0 aliphatic carbocycles. The fraction of sp³-hybridized carbons (Fsp3) is 0.538. The molecule has 92 valence electrons. The van der Waals surface area contributed by atoms with Crippen molar-refractivity contribution in [2.24, 2.45) is 9.98 Å².